The Balaban J connectivity index is 1.89. The van der Waals surface area contributed by atoms with E-state index in [-0.39, 0.29) is 13.2 Å². The molecule has 1 atom stereocenters. The van der Waals surface area contributed by atoms with Crippen LogP contribution in [-0.4, -0.2) is 37.5 Å². The monoisotopic (exact) mass is 376 g/mol. The summed E-state index contributed by atoms with van der Waals surface area (Å²) < 4.78 is 7.28. The van der Waals surface area contributed by atoms with Crippen LogP contribution in [0.2, 0.25) is 5.02 Å². The Labute approximate surface area is 132 Å². The Hall–Kier alpha value is -1.71. The van der Waals surface area contributed by atoms with Gasteiger partial charge in [-0.15, -0.1) is 0 Å². The van der Waals surface area contributed by atoms with Gasteiger partial charge in [-0.2, -0.15) is 4.68 Å². The molecule has 8 nitrogen and oxygen atoms in total. The average Bonchev–Trinajstić information content (AvgIpc) is 2.86. The minimum absolute atomic E-state index is 0.00606. The van der Waals surface area contributed by atoms with Crippen molar-refractivity contribution in [1.29, 1.82) is 0 Å². The third kappa shape index (κ3) is 4.38. The Morgan fingerprint density at radius 2 is 2.33 bits per heavy atom. The fourth-order valence-corrected chi connectivity index (χ4v) is 2.30. The first-order valence-electron chi connectivity index (χ1n) is 5.75. The number of benzene rings is 1. The second-order valence-corrected chi connectivity index (χ2v) is 5.35. The topological polar surface area (TPSA) is 103 Å². The highest BCUT2D eigenvalue weighted by Gasteiger charge is 2.16. The Bertz CT molecular complexity index is 651. The van der Waals surface area contributed by atoms with Crippen molar-refractivity contribution >= 4 is 33.5 Å². The van der Waals surface area contributed by atoms with E-state index in [1.165, 1.54) is 11.0 Å². The summed E-state index contributed by atoms with van der Waals surface area (Å²) in [5.74, 6) is 0.0200. The molecule has 2 aromatic rings. The fourth-order valence-electron chi connectivity index (χ4n) is 1.50. The molecule has 1 unspecified atom stereocenters. The SMILES string of the molecule is O=[N+]([O-])c1ncn(CC(O)COc2ccc(Cl)cc2Br)n1. The zero-order valence-electron chi connectivity index (χ0n) is 10.5. The first-order valence-corrected chi connectivity index (χ1v) is 6.92. The number of nitro groups is 1. The number of nitrogens with zero attached hydrogens (tertiary/aromatic N) is 4. The smallest absolute Gasteiger partial charge is 0.490 e. The van der Waals surface area contributed by atoms with Crippen LogP contribution in [0.4, 0.5) is 5.95 Å². The summed E-state index contributed by atoms with van der Waals surface area (Å²) in [5, 5.41) is 24.4. The van der Waals surface area contributed by atoms with Gasteiger partial charge in [0, 0.05) is 10.1 Å². The molecule has 1 heterocycles. The van der Waals surface area contributed by atoms with Gasteiger partial charge in [-0.1, -0.05) is 16.6 Å². The molecule has 2 rings (SSSR count). The molecule has 10 heteroatoms. The predicted molar refractivity (Wildman–Crippen MR) is 77.3 cm³/mol. The second-order valence-electron chi connectivity index (χ2n) is 4.06. The van der Waals surface area contributed by atoms with Gasteiger partial charge in [-0.3, -0.25) is 0 Å². The van der Waals surface area contributed by atoms with Crippen molar-refractivity contribution in [3.05, 3.63) is 44.1 Å². The third-order valence-electron chi connectivity index (χ3n) is 2.41. The van der Waals surface area contributed by atoms with Crippen LogP contribution >= 0.6 is 27.5 Å². The number of aliphatic hydroxyl groups is 1. The molecule has 0 saturated heterocycles. The number of rotatable bonds is 6. The van der Waals surface area contributed by atoms with Crippen molar-refractivity contribution < 1.29 is 14.8 Å². The summed E-state index contributed by atoms with van der Waals surface area (Å²) >= 11 is 9.10. The Morgan fingerprint density at radius 1 is 1.57 bits per heavy atom. The van der Waals surface area contributed by atoms with E-state index < -0.39 is 17.0 Å². The molecule has 0 aliphatic rings. The van der Waals surface area contributed by atoms with Crippen LogP contribution in [0.5, 0.6) is 5.75 Å². The zero-order chi connectivity index (χ0) is 15.4. The van der Waals surface area contributed by atoms with Crippen molar-refractivity contribution in [2.24, 2.45) is 0 Å². The molecule has 0 aliphatic heterocycles. The van der Waals surface area contributed by atoms with Gasteiger partial charge in [0.15, 0.2) is 0 Å². The highest BCUT2D eigenvalue weighted by molar-refractivity contribution is 9.10. The minimum Gasteiger partial charge on any atom is -0.490 e. The van der Waals surface area contributed by atoms with E-state index in [9.17, 15) is 15.2 Å². The molecule has 0 radical (unpaired) electrons. The summed E-state index contributed by atoms with van der Waals surface area (Å²) in [4.78, 5) is 13.2. The molecule has 0 amide bonds. The number of aliphatic hydroxyl groups excluding tert-OH is 1. The lowest BCUT2D eigenvalue weighted by Gasteiger charge is -2.12. The van der Waals surface area contributed by atoms with Crippen molar-refractivity contribution in [1.82, 2.24) is 14.8 Å². The molecule has 0 saturated carbocycles. The van der Waals surface area contributed by atoms with Crippen LogP contribution in [0.1, 0.15) is 0 Å². The van der Waals surface area contributed by atoms with E-state index in [1.807, 2.05) is 0 Å². The van der Waals surface area contributed by atoms with Gasteiger partial charge in [0.25, 0.3) is 0 Å². The lowest BCUT2D eigenvalue weighted by molar-refractivity contribution is -0.394. The number of aromatic nitrogens is 3. The van der Waals surface area contributed by atoms with Gasteiger partial charge in [0.2, 0.25) is 6.33 Å². The van der Waals surface area contributed by atoms with E-state index >= 15 is 0 Å². The van der Waals surface area contributed by atoms with Crippen molar-refractivity contribution in [2.45, 2.75) is 12.6 Å². The molecular formula is C11H10BrClN4O4. The highest BCUT2D eigenvalue weighted by atomic mass is 79.9. The van der Waals surface area contributed by atoms with E-state index in [1.54, 1.807) is 18.2 Å². The lowest BCUT2D eigenvalue weighted by atomic mass is 10.3. The summed E-state index contributed by atoms with van der Waals surface area (Å²) in [5.41, 5.74) is 0. The highest BCUT2D eigenvalue weighted by Crippen LogP contribution is 2.28. The Morgan fingerprint density at radius 3 is 2.95 bits per heavy atom. The molecule has 1 aromatic heterocycles. The predicted octanol–water partition coefficient (Wildman–Crippen LogP) is 2.04. The van der Waals surface area contributed by atoms with Crippen LogP contribution in [-0.2, 0) is 6.54 Å². The molecule has 0 bridgehead atoms. The molecule has 0 fully saturated rings. The maximum Gasteiger partial charge on any atom is 0.490 e. The largest absolute Gasteiger partial charge is 0.490 e. The molecule has 0 spiro atoms. The van der Waals surface area contributed by atoms with Crippen LogP contribution < -0.4 is 4.74 Å². The summed E-state index contributed by atoms with van der Waals surface area (Å²) in [7, 11) is 0. The van der Waals surface area contributed by atoms with E-state index in [0.717, 1.165) is 0 Å². The summed E-state index contributed by atoms with van der Waals surface area (Å²) in [6, 6.07) is 5.00. The van der Waals surface area contributed by atoms with Gasteiger partial charge in [0.1, 0.15) is 18.5 Å². The van der Waals surface area contributed by atoms with Gasteiger partial charge in [0.05, 0.1) is 11.0 Å². The Kier molecular flexibility index (Phi) is 5.10. The summed E-state index contributed by atoms with van der Waals surface area (Å²) in [6.45, 7) is 0.0277. The van der Waals surface area contributed by atoms with Gasteiger partial charge >= 0.3 is 5.95 Å². The fraction of sp³-hybridized carbons (Fsp3) is 0.273. The summed E-state index contributed by atoms with van der Waals surface area (Å²) in [6.07, 6.45) is 0.286. The molecule has 1 aromatic carbocycles. The van der Waals surface area contributed by atoms with Crippen molar-refractivity contribution in [3.63, 3.8) is 0 Å². The normalized spacial score (nSPS) is 12.1. The maximum absolute atomic E-state index is 10.4. The first kappa shape index (κ1) is 15.7. The van der Waals surface area contributed by atoms with Crippen LogP contribution in [0.15, 0.2) is 29.0 Å². The maximum atomic E-state index is 10.4. The quantitative estimate of drug-likeness (QED) is 0.610. The zero-order valence-corrected chi connectivity index (χ0v) is 12.9. The van der Waals surface area contributed by atoms with E-state index in [2.05, 4.69) is 26.0 Å². The van der Waals surface area contributed by atoms with E-state index in [0.29, 0.717) is 15.2 Å². The number of halogens is 2. The first-order chi connectivity index (χ1) is 9.95. The molecule has 21 heavy (non-hydrogen) atoms. The van der Waals surface area contributed by atoms with Crippen LogP contribution in [0.25, 0.3) is 0 Å². The van der Waals surface area contributed by atoms with Gasteiger partial charge < -0.3 is 20.0 Å². The number of hydrogen-bond donors (Lipinski definition) is 1. The van der Waals surface area contributed by atoms with Gasteiger partial charge in [-0.25, -0.2) is 0 Å². The molecule has 0 aliphatic carbocycles. The van der Waals surface area contributed by atoms with Crippen LogP contribution in [0.3, 0.4) is 0 Å². The van der Waals surface area contributed by atoms with Crippen LogP contribution in [0, 0.1) is 10.1 Å². The van der Waals surface area contributed by atoms with Crippen molar-refractivity contribution in [3.8, 4) is 5.75 Å². The number of hydrogen-bond acceptors (Lipinski definition) is 6. The number of ether oxygens (including phenoxy) is 1. The lowest BCUT2D eigenvalue weighted by Crippen LogP contribution is -2.24. The third-order valence-corrected chi connectivity index (χ3v) is 3.27. The molecule has 112 valence electrons. The molecular weight excluding hydrogens is 368 g/mol. The second kappa shape index (κ2) is 6.83. The van der Waals surface area contributed by atoms with Gasteiger partial charge in [-0.05, 0) is 39.1 Å². The minimum atomic E-state index is -0.895. The average molecular weight is 378 g/mol. The van der Waals surface area contributed by atoms with E-state index in [4.69, 9.17) is 16.3 Å². The molecule has 1 N–H and O–H groups in total. The van der Waals surface area contributed by atoms with Crippen molar-refractivity contribution in [2.75, 3.05) is 6.61 Å². The standard InChI is InChI=1S/C11H10BrClN4O4/c12-9-3-7(13)1-2-10(9)21-5-8(18)4-16-6-14-11(15-16)17(19)20/h1-3,6,8,18H,4-5H2.